The van der Waals surface area contributed by atoms with Crippen LogP contribution in [0.2, 0.25) is 0 Å². The van der Waals surface area contributed by atoms with E-state index in [2.05, 4.69) is 49.8 Å². The molecule has 2 N–H and O–H groups in total. The van der Waals surface area contributed by atoms with Crippen LogP contribution in [0.1, 0.15) is 11.3 Å². The van der Waals surface area contributed by atoms with Gasteiger partial charge < -0.3 is 15.4 Å². The first-order valence-corrected chi connectivity index (χ1v) is 10.5. The molecular weight excluding hydrogens is 390 g/mol. The number of carbonyl (C=O) groups is 1. The largest absolute Gasteiger partial charge is 0.374 e. The fourth-order valence-corrected chi connectivity index (χ4v) is 3.56. The lowest BCUT2D eigenvalue weighted by molar-refractivity contribution is -0.0285. The lowest BCUT2D eigenvalue weighted by atomic mass is 10.2. The van der Waals surface area contributed by atoms with E-state index in [0.717, 1.165) is 30.9 Å². The number of rotatable bonds is 6. The van der Waals surface area contributed by atoms with E-state index < -0.39 is 0 Å². The number of anilines is 1. The maximum atomic E-state index is 12.3. The highest BCUT2D eigenvalue weighted by molar-refractivity contribution is 5.89. The van der Waals surface area contributed by atoms with E-state index in [4.69, 9.17) is 4.74 Å². The molecule has 1 aliphatic heterocycles. The molecule has 2 aromatic carbocycles. The lowest BCUT2D eigenvalue weighted by Gasteiger charge is -2.33. The molecule has 1 atom stereocenters. The fourth-order valence-electron chi connectivity index (χ4n) is 3.56. The van der Waals surface area contributed by atoms with Gasteiger partial charge in [0.05, 0.1) is 12.7 Å². The lowest BCUT2D eigenvalue weighted by Crippen LogP contribution is -2.47. The van der Waals surface area contributed by atoms with Gasteiger partial charge in [-0.1, -0.05) is 30.3 Å². The fraction of sp³-hybridized carbons (Fsp3) is 0.292. The quantitative estimate of drug-likeness (QED) is 0.642. The Morgan fingerprint density at radius 1 is 1.13 bits per heavy atom. The molecule has 0 bridgehead atoms. The summed E-state index contributed by atoms with van der Waals surface area (Å²) in [7, 11) is 0. The first-order valence-electron chi connectivity index (χ1n) is 10.5. The minimum absolute atomic E-state index is 0.0240. The Bertz CT molecular complexity index is 994. The molecule has 1 aromatic heterocycles. The highest BCUT2D eigenvalue weighted by Crippen LogP contribution is 2.18. The van der Waals surface area contributed by atoms with Gasteiger partial charge in [0.2, 0.25) is 0 Å². The third-order valence-corrected chi connectivity index (χ3v) is 5.16. The van der Waals surface area contributed by atoms with Crippen molar-refractivity contribution in [2.45, 2.75) is 19.6 Å². The molecular formula is C24H27N5O2. The number of hydrogen-bond donors (Lipinski definition) is 2. The summed E-state index contributed by atoms with van der Waals surface area (Å²) in [5, 5.41) is 5.78. The topological polar surface area (TPSA) is 79.4 Å². The van der Waals surface area contributed by atoms with Gasteiger partial charge >= 0.3 is 6.03 Å². The average Bonchev–Trinajstić information content (AvgIpc) is 2.79. The predicted molar refractivity (Wildman–Crippen MR) is 121 cm³/mol. The molecule has 0 spiro atoms. The molecule has 4 rings (SSSR count). The standard InChI is InChI=1S/C24H27N5O2/c1-18-11-12-25-23(27-18)20-7-9-21(10-8-20)28-24(30)26-15-22-17-29(13-14-31-22)16-19-5-3-2-4-6-19/h2-12,22H,13-17H2,1H3,(H2,26,28,30). The van der Waals surface area contributed by atoms with Crippen LogP contribution in [0.5, 0.6) is 0 Å². The second-order valence-electron chi connectivity index (χ2n) is 7.65. The summed E-state index contributed by atoms with van der Waals surface area (Å²) >= 11 is 0. The number of morpholine rings is 1. The molecule has 160 valence electrons. The van der Waals surface area contributed by atoms with Gasteiger partial charge in [0.1, 0.15) is 0 Å². The van der Waals surface area contributed by atoms with E-state index in [1.807, 2.05) is 43.3 Å². The van der Waals surface area contributed by atoms with Crippen molar-refractivity contribution in [3.63, 3.8) is 0 Å². The minimum atomic E-state index is -0.247. The van der Waals surface area contributed by atoms with E-state index in [-0.39, 0.29) is 12.1 Å². The number of nitrogens with one attached hydrogen (secondary N) is 2. The summed E-state index contributed by atoms with van der Waals surface area (Å²) in [6.45, 7) is 5.65. The van der Waals surface area contributed by atoms with E-state index >= 15 is 0 Å². The van der Waals surface area contributed by atoms with Gasteiger partial charge in [0.25, 0.3) is 0 Å². The van der Waals surface area contributed by atoms with Crippen LogP contribution in [-0.4, -0.2) is 53.2 Å². The molecule has 2 amide bonds. The summed E-state index contributed by atoms with van der Waals surface area (Å²) < 4.78 is 5.82. The number of aromatic nitrogens is 2. The Labute approximate surface area is 182 Å². The molecule has 0 radical (unpaired) electrons. The number of amides is 2. The Morgan fingerprint density at radius 3 is 2.71 bits per heavy atom. The van der Waals surface area contributed by atoms with Crippen LogP contribution in [0.25, 0.3) is 11.4 Å². The van der Waals surface area contributed by atoms with E-state index in [9.17, 15) is 4.79 Å². The highest BCUT2D eigenvalue weighted by atomic mass is 16.5. The van der Waals surface area contributed by atoms with Crippen molar-refractivity contribution in [1.29, 1.82) is 0 Å². The SMILES string of the molecule is Cc1ccnc(-c2ccc(NC(=O)NCC3CN(Cc4ccccc4)CCO3)cc2)n1. The molecule has 7 nitrogen and oxygen atoms in total. The summed E-state index contributed by atoms with van der Waals surface area (Å²) in [5.74, 6) is 0.672. The number of aryl methyl sites for hydroxylation is 1. The first kappa shape index (κ1) is 21.0. The predicted octanol–water partition coefficient (Wildman–Crippen LogP) is 3.47. The van der Waals surface area contributed by atoms with Crippen LogP contribution in [0.4, 0.5) is 10.5 Å². The van der Waals surface area contributed by atoms with E-state index in [0.29, 0.717) is 24.7 Å². The first-order chi connectivity index (χ1) is 15.2. The van der Waals surface area contributed by atoms with Crippen molar-refractivity contribution < 1.29 is 9.53 Å². The third-order valence-electron chi connectivity index (χ3n) is 5.16. The second kappa shape index (κ2) is 10.1. The monoisotopic (exact) mass is 417 g/mol. The van der Waals surface area contributed by atoms with Gasteiger partial charge in [-0.2, -0.15) is 0 Å². The molecule has 1 aliphatic rings. The molecule has 0 aliphatic carbocycles. The summed E-state index contributed by atoms with van der Waals surface area (Å²) in [6.07, 6.45) is 1.72. The van der Waals surface area contributed by atoms with Gasteiger partial charge in [0.15, 0.2) is 5.82 Å². The molecule has 1 fully saturated rings. The van der Waals surface area contributed by atoms with Crippen molar-refractivity contribution in [1.82, 2.24) is 20.2 Å². The zero-order chi connectivity index (χ0) is 21.5. The normalized spacial score (nSPS) is 16.6. The summed E-state index contributed by atoms with van der Waals surface area (Å²) in [4.78, 5) is 23.4. The zero-order valence-corrected chi connectivity index (χ0v) is 17.6. The molecule has 3 aromatic rings. The van der Waals surface area contributed by atoms with Crippen molar-refractivity contribution in [2.24, 2.45) is 0 Å². The Kier molecular flexibility index (Phi) is 6.86. The van der Waals surface area contributed by atoms with Crippen LogP contribution in [0.15, 0.2) is 66.9 Å². The maximum Gasteiger partial charge on any atom is 0.319 e. The van der Waals surface area contributed by atoms with Crippen molar-refractivity contribution >= 4 is 11.7 Å². The number of ether oxygens (including phenoxy) is 1. The van der Waals surface area contributed by atoms with Crippen molar-refractivity contribution in [3.05, 3.63) is 78.1 Å². The van der Waals surface area contributed by atoms with Crippen molar-refractivity contribution in [3.8, 4) is 11.4 Å². The molecule has 31 heavy (non-hydrogen) atoms. The number of nitrogens with zero attached hydrogens (tertiary/aromatic N) is 3. The maximum absolute atomic E-state index is 12.3. The number of hydrogen-bond acceptors (Lipinski definition) is 5. The van der Waals surface area contributed by atoms with Gasteiger partial charge in [0, 0.05) is 49.3 Å². The third kappa shape index (κ3) is 6.10. The number of benzene rings is 2. The highest BCUT2D eigenvalue weighted by Gasteiger charge is 2.21. The molecule has 2 heterocycles. The van der Waals surface area contributed by atoms with Gasteiger partial charge in [-0.25, -0.2) is 14.8 Å². The molecule has 7 heteroatoms. The number of urea groups is 1. The minimum Gasteiger partial charge on any atom is -0.374 e. The second-order valence-corrected chi connectivity index (χ2v) is 7.65. The van der Waals surface area contributed by atoms with Crippen LogP contribution >= 0.6 is 0 Å². The molecule has 1 unspecified atom stereocenters. The Morgan fingerprint density at radius 2 is 1.94 bits per heavy atom. The van der Waals surface area contributed by atoms with Gasteiger partial charge in [-0.15, -0.1) is 0 Å². The zero-order valence-electron chi connectivity index (χ0n) is 17.6. The van der Waals surface area contributed by atoms with Crippen LogP contribution < -0.4 is 10.6 Å². The molecule has 0 saturated carbocycles. The summed E-state index contributed by atoms with van der Waals surface area (Å²) in [6, 6.07) is 19.5. The Balaban J connectivity index is 1.24. The number of carbonyl (C=O) groups excluding carboxylic acids is 1. The average molecular weight is 418 g/mol. The van der Waals surface area contributed by atoms with Gasteiger partial charge in [-0.05, 0) is 42.8 Å². The van der Waals surface area contributed by atoms with Crippen LogP contribution in [0.3, 0.4) is 0 Å². The van der Waals surface area contributed by atoms with E-state index in [1.165, 1.54) is 5.56 Å². The smallest absolute Gasteiger partial charge is 0.319 e. The van der Waals surface area contributed by atoms with Gasteiger partial charge in [-0.3, -0.25) is 4.90 Å². The summed E-state index contributed by atoms with van der Waals surface area (Å²) in [5.41, 5.74) is 3.82. The van der Waals surface area contributed by atoms with E-state index in [1.54, 1.807) is 6.20 Å². The van der Waals surface area contributed by atoms with Crippen LogP contribution in [0, 0.1) is 6.92 Å². The van der Waals surface area contributed by atoms with Crippen molar-refractivity contribution in [2.75, 3.05) is 31.6 Å². The molecule has 1 saturated heterocycles. The van der Waals surface area contributed by atoms with Crippen LogP contribution in [-0.2, 0) is 11.3 Å². The Hall–Kier alpha value is -3.29.